The number of nitrogens with zero attached hydrogens (tertiary/aromatic N) is 2. The van der Waals surface area contributed by atoms with Crippen molar-refractivity contribution in [2.24, 2.45) is 0 Å². The molecule has 0 amide bonds. The first-order chi connectivity index (χ1) is 9.49. The van der Waals surface area contributed by atoms with Gasteiger partial charge in [-0.25, -0.2) is 0 Å². The average molecular weight is 272 g/mol. The fraction of sp³-hybridized carbons (Fsp3) is 0.143. The van der Waals surface area contributed by atoms with Gasteiger partial charge in [0.2, 0.25) is 0 Å². The molecule has 2 N–H and O–H groups in total. The normalized spacial score (nSPS) is 10.5. The SMILES string of the molecule is Cc1ccnc(-c2cc(C(C(=O)O)C(=O)O)ccn2)c1. The maximum absolute atomic E-state index is 11.0. The second-order valence-corrected chi connectivity index (χ2v) is 4.30. The molecule has 2 rings (SSSR count). The van der Waals surface area contributed by atoms with Crippen molar-refractivity contribution in [2.75, 3.05) is 0 Å². The van der Waals surface area contributed by atoms with Crippen LogP contribution >= 0.6 is 0 Å². The first-order valence-corrected chi connectivity index (χ1v) is 5.83. The van der Waals surface area contributed by atoms with Gasteiger partial charge in [0.1, 0.15) is 0 Å². The number of rotatable bonds is 4. The summed E-state index contributed by atoms with van der Waals surface area (Å²) in [4.78, 5) is 30.3. The van der Waals surface area contributed by atoms with Gasteiger partial charge >= 0.3 is 11.9 Å². The lowest BCUT2D eigenvalue weighted by atomic mass is 9.99. The zero-order chi connectivity index (χ0) is 14.7. The van der Waals surface area contributed by atoms with Gasteiger partial charge in [-0.1, -0.05) is 0 Å². The summed E-state index contributed by atoms with van der Waals surface area (Å²) in [5.41, 5.74) is 2.16. The number of hydrogen-bond donors (Lipinski definition) is 2. The summed E-state index contributed by atoms with van der Waals surface area (Å²) in [5, 5.41) is 18.0. The monoisotopic (exact) mass is 272 g/mol. The summed E-state index contributed by atoms with van der Waals surface area (Å²) in [6, 6.07) is 6.44. The number of carbonyl (C=O) groups is 2. The molecule has 0 aliphatic heterocycles. The van der Waals surface area contributed by atoms with Gasteiger partial charge in [-0.15, -0.1) is 0 Å². The van der Waals surface area contributed by atoms with Gasteiger partial charge in [0, 0.05) is 12.4 Å². The zero-order valence-corrected chi connectivity index (χ0v) is 10.6. The molecule has 0 saturated heterocycles. The molecule has 0 spiro atoms. The van der Waals surface area contributed by atoms with Gasteiger partial charge < -0.3 is 10.2 Å². The predicted octanol–water partition coefficient (Wildman–Crippen LogP) is 1.70. The van der Waals surface area contributed by atoms with Crippen molar-refractivity contribution in [1.29, 1.82) is 0 Å². The fourth-order valence-electron chi connectivity index (χ4n) is 1.83. The van der Waals surface area contributed by atoms with E-state index in [1.54, 1.807) is 12.3 Å². The van der Waals surface area contributed by atoms with Crippen LogP contribution in [0.1, 0.15) is 17.0 Å². The molecular formula is C14H12N2O4. The number of aryl methyl sites for hydroxylation is 1. The van der Waals surface area contributed by atoms with E-state index in [1.165, 1.54) is 18.3 Å². The van der Waals surface area contributed by atoms with E-state index in [1.807, 2.05) is 13.0 Å². The molecule has 102 valence electrons. The average Bonchev–Trinajstić information content (AvgIpc) is 2.38. The summed E-state index contributed by atoms with van der Waals surface area (Å²) >= 11 is 0. The van der Waals surface area contributed by atoms with Crippen LogP contribution in [0.25, 0.3) is 11.4 Å². The molecule has 6 nitrogen and oxygen atoms in total. The molecule has 0 radical (unpaired) electrons. The number of pyridine rings is 2. The van der Waals surface area contributed by atoms with E-state index < -0.39 is 17.9 Å². The topological polar surface area (TPSA) is 100 Å². The number of carboxylic acids is 2. The molecule has 0 aromatic carbocycles. The number of aliphatic carboxylic acids is 2. The summed E-state index contributed by atoms with van der Waals surface area (Å²) < 4.78 is 0. The van der Waals surface area contributed by atoms with Crippen molar-refractivity contribution in [1.82, 2.24) is 9.97 Å². The molecule has 2 heterocycles. The highest BCUT2D eigenvalue weighted by Gasteiger charge is 2.28. The second kappa shape index (κ2) is 5.48. The van der Waals surface area contributed by atoms with E-state index in [2.05, 4.69) is 9.97 Å². The van der Waals surface area contributed by atoms with Crippen molar-refractivity contribution in [3.8, 4) is 11.4 Å². The van der Waals surface area contributed by atoms with E-state index in [0.717, 1.165) is 5.56 Å². The molecule has 0 unspecified atom stereocenters. The highest BCUT2D eigenvalue weighted by molar-refractivity contribution is 5.99. The summed E-state index contributed by atoms with van der Waals surface area (Å²) in [7, 11) is 0. The number of aromatic nitrogens is 2. The lowest BCUT2D eigenvalue weighted by Crippen LogP contribution is -2.21. The van der Waals surface area contributed by atoms with Crippen LogP contribution in [0, 0.1) is 6.92 Å². The van der Waals surface area contributed by atoms with Crippen LogP contribution in [0.5, 0.6) is 0 Å². The molecular weight excluding hydrogens is 260 g/mol. The minimum atomic E-state index is -1.61. The lowest BCUT2D eigenvalue weighted by molar-refractivity contribution is -0.150. The maximum atomic E-state index is 11.0. The van der Waals surface area contributed by atoms with Gasteiger partial charge in [0.15, 0.2) is 5.92 Å². The van der Waals surface area contributed by atoms with Crippen molar-refractivity contribution in [2.45, 2.75) is 12.8 Å². The first kappa shape index (κ1) is 13.7. The molecule has 0 saturated carbocycles. The molecule has 20 heavy (non-hydrogen) atoms. The summed E-state index contributed by atoms with van der Waals surface area (Å²) in [6.45, 7) is 1.90. The molecule has 0 fully saturated rings. The van der Waals surface area contributed by atoms with E-state index in [0.29, 0.717) is 11.4 Å². The van der Waals surface area contributed by atoms with Gasteiger partial charge in [-0.2, -0.15) is 0 Å². The number of carboxylic acid groups (broad SMARTS) is 2. The summed E-state index contributed by atoms with van der Waals surface area (Å²) in [5.74, 6) is -4.43. The Morgan fingerprint density at radius 1 is 1.00 bits per heavy atom. The van der Waals surface area contributed by atoms with Gasteiger partial charge in [-0.3, -0.25) is 19.6 Å². The highest BCUT2D eigenvalue weighted by atomic mass is 16.4. The van der Waals surface area contributed by atoms with E-state index in [9.17, 15) is 9.59 Å². The molecule has 0 aliphatic rings. The molecule has 0 bridgehead atoms. The summed E-state index contributed by atoms with van der Waals surface area (Å²) in [6.07, 6.45) is 3.00. The highest BCUT2D eigenvalue weighted by Crippen LogP contribution is 2.22. The Hall–Kier alpha value is -2.76. The largest absolute Gasteiger partial charge is 0.480 e. The predicted molar refractivity (Wildman–Crippen MR) is 70.2 cm³/mol. The van der Waals surface area contributed by atoms with Crippen molar-refractivity contribution >= 4 is 11.9 Å². The van der Waals surface area contributed by atoms with Crippen LogP contribution in [-0.2, 0) is 9.59 Å². The molecule has 0 aliphatic carbocycles. The van der Waals surface area contributed by atoms with Crippen molar-refractivity contribution in [3.63, 3.8) is 0 Å². The Morgan fingerprint density at radius 2 is 1.55 bits per heavy atom. The minimum absolute atomic E-state index is 0.165. The zero-order valence-electron chi connectivity index (χ0n) is 10.6. The third-order valence-corrected chi connectivity index (χ3v) is 2.79. The number of hydrogen-bond acceptors (Lipinski definition) is 4. The quantitative estimate of drug-likeness (QED) is 0.822. The Bertz CT molecular complexity index is 656. The molecule has 6 heteroatoms. The Kier molecular flexibility index (Phi) is 3.74. The Labute approximate surface area is 114 Å². The van der Waals surface area contributed by atoms with E-state index >= 15 is 0 Å². The standard InChI is InChI=1S/C14H12N2O4/c1-8-2-4-15-10(6-8)11-7-9(3-5-16-11)12(13(17)18)14(19)20/h2-7,12H,1H3,(H,17,18)(H,19,20). The van der Waals surface area contributed by atoms with Crippen LogP contribution in [0.4, 0.5) is 0 Å². The van der Waals surface area contributed by atoms with E-state index in [4.69, 9.17) is 10.2 Å². The van der Waals surface area contributed by atoms with Crippen LogP contribution in [0.2, 0.25) is 0 Å². The Balaban J connectivity index is 2.47. The van der Waals surface area contributed by atoms with E-state index in [-0.39, 0.29) is 5.56 Å². The van der Waals surface area contributed by atoms with Crippen LogP contribution in [-0.4, -0.2) is 32.1 Å². The van der Waals surface area contributed by atoms with Crippen LogP contribution in [0.15, 0.2) is 36.7 Å². The first-order valence-electron chi connectivity index (χ1n) is 5.83. The Morgan fingerprint density at radius 3 is 2.10 bits per heavy atom. The van der Waals surface area contributed by atoms with Gasteiger partial charge in [0.25, 0.3) is 0 Å². The van der Waals surface area contributed by atoms with Gasteiger partial charge in [0.05, 0.1) is 11.4 Å². The minimum Gasteiger partial charge on any atom is -0.480 e. The van der Waals surface area contributed by atoms with Crippen molar-refractivity contribution in [3.05, 3.63) is 47.8 Å². The van der Waals surface area contributed by atoms with Crippen molar-refractivity contribution < 1.29 is 19.8 Å². The lowest BCUT2D eigenvalue weighted by Gasteiger charge is -2.09. The van der Waals surface area contributed by atoms with Crippen LogP contribution in [0.3, 0.4) is 0 Å². The van der Waals surface area contributed by atoms with Gasteiger partial charge in [-0.05, 0) is 42.3 Å². The van der Waals surface area contributed by atoms with Crippen LogP contribution < -0.4 is 0 Å². The molecule has 2 aromatic rings. The molecule has 2 aromatic heterocycles. The maximum Gasteiger partial charge on any atom is 0.322 e. The fourth-order valence-corrected chi connectivity index (χ4v) is 1.83. The molecule has 0 atom stereocenters. The third-order valence-electron chi connectivity index (χ3n) is 2.79. The third kappa shape index (κ3) is 2.80. The second-order valence-electron chi connectivity index (χ2n) is 4.30. The smallest absolute Gasteiger partial charge is 0.322 e.